The summed E-state index contributed by atoms with van der Waals surface area (Å²) >= 11 is 6.72. The zero-order valence-corrected chi connectivity index (χ0v) is 15.4. The summed E-state index contributed by atoms with van der Waals surface area (Å²) in [5.74, 6) is 0.619. The fourth-order valence-corrected chi connectivity index (χ4v) is 5.20. The third-order valence-corrected chi connectivity index (χ3v) is 6.65. The second kappa shape index (κ2) is 6.20. The van der Waals surface area contributed by atoms with Crippen molar-refractivity contribution in [3.05, 3.63) is 69.7 Å². The normalized spacial score (nSPS) is 26.2. The van der Waals surface area contributed by atoms with Crippen LogP contribution in [0.15, 0.2) is 42.5 Å². The number of rotatable bonds is 3. The van der Waals surface area contributed by atoms with Gasteiger partial charge >= 0.3 is 0 Å². The van der Waals surface area contributed by atoms with Crippen molar-refractivity contribution in [2.75, 3.05) is 13.1 Å². The molecule has 0 spiro atoms. The number of fused-ring (bicyclic) bond motifs is 3. The van der Waals surface area contributed by atoms with Gasteiger partial charge < -0.3 is 0 Å². The van der Waals surface area contributed by atoms with Crippen LogP contribution in [-0.2, 0) is 19.4 Å². The Hall–Kier alpha value is -1.31. The quantitative estimate of drug-likeness (QED) is 0.718. The van der Waals surface area contributed by atoms with Crippen molar-refractivity contribution >= 4 is 11.6 Å². The van der Waals surface area contributed by atoms with E-state index in [9.17, 15) is 0 Å². The molecule has 0 saturated carbocycles. The molecule has 24 heavy (non-hydrogen) atoms. The van der Waals surface area contributed by atoms with E-state index in [0.717, 1.165) is 31.0 Å². The van der Waals surface area contributed by atoms with Crippen LogP contribution in [0.1, 0.15) is 48.4 Å². The van der Waals surface area contributed by atoms with Crippen molar-refractivity contribution in [3.8, 4) is 0 Å². The second-order valence-electron chi connectivity index (χ2n) is 7.82. The van der Waals surface area contributed by atoms with Gasteiger partial charge in [0.1, 0.15) is 0 Å². The summed E-state index contributed by atoms with van der Waals surface area (Å²) in [6.07, 6.45) is 3.41. The molecule has 0 bridgehead atoms. The maximum Gasteiger partial charge on any atom is 0.0472 e. The molecule has 4 rings (SSSR count). The van der Waals surface area contributed by atoms with Gasteiger partial charge in [-0.05, 0) is 46.9 Å². The minimum absolute atomic E-state index is 0.388. The zero-order valence-electron chi connectivity index (χ0n) is 14.7. The highest BCUT2D eigenvalue weighted by atomic mass is 35.5. The monoisotopic (exact) mass is 339 g/mol. The van der Waals surface area contributed by atoms with Gasteiger partial charge in [0.15, 0.2) is 0 Å². The lowest BCUT2D eigenvalue weighted by Crippen LogP contribution is -2.31. The third kappa shape index (κ3) is 2.68. The first kappa shape index (κ1) is 16.2. The summed E-state index contributed by atoms with van der Waals surface area (Å²) in [6.45, 7) is 8.08. The first-order chi connectivity index (χ1) is 11.6. The van der Waals surface area contributed by atoms with Gasteiger partial charge in [-0.15, -0.1) is 0 Å². The van der Waals surface area contributed by atoms with Crippen LogP contribution < -0.4 is 0 Å². The molecular formula is C22H26ClN. The smallest absolute Gasteiger partial charge is 0.0472 e. The zero-order chi connectivity index (χ0) is 16.7. The minimum atomic E-state index is 0.388. The number of benzene rings is 2. The summed E-state index contributed by atoms with van der Waals surface area (Å²) in [6, 6.07) is 15.5. The summed E-state index contributed by atoms with van der Waals surface area (Å²) in [5, 5.41) is 1.04. The maximum atomic E-state index is 6.72. The van der Waals surface area contributed by atoms with Gasteiger partial charge in [0.2, 0.25) is 0 Å². The fourth-order valence-electron chi connectivity index (χ4n) is 4.80. The van der Waals surface area contributed by atoms with Crippen LogP contribution in [0, 0.1) is 5.41 Å². The lowest BCUT2D eigenvalue weighted by molar-refractivity contribution is 0.240. The number of likely N-dealkylation sites (tertiary alicyclic amines) is 1. The van der Waals surface area contributed by atoms with E-state index >= 15 is 0 Å². The van der Waals surface area contributed by atoms with Crippen LogP contribution in [0.5, 0.6) is 0 Å². The Bertz CT molecular complexity index is 739. The molecule has 1 heterocycles. The van der Waals surface area contributed by atoms with Gasteiger partial charge in [-0.1, -0.05) is 67.9 Å². The molecule has 2 heteroatoms. The number of aryl methyl sites for hydroxylation is 1. The molecule has 0 amide bonds. The van der Waals surface area contributed by atoms with Crippen molar-refractivity contribution in [3.63, 3.8) is 0 Å². The average Bonchev–Trinajstić information content (AvgIpc) is 2.92. The van der Waals surface area contributed by atoms with Gasteiger partial charge in [0.25, 0.3) is 0 Å². The van der Waals surface area contributed by atoms with Crippen LogP contribution in [0.2, 0.25) is 5.02 Å². The van der Waals surface area contributed by atoms with Gasteiger partial charge in [-0.2, -0.15) is 0 Å². The molecule has 2 atom stereocenters. The van der Waals surface area contributed by atoms with E-state index in [0.29, 0.717) is 11.3 Å². The standard InChI is InChI=1S/C22H26ClN/c1-3-17-9-10-18-19(21(17)23)11-12-22(2)15-24(14-20(18)22)13-16-7-5-4-6-8-16/h4-10,20H,3,11-15H2,1-2H3/t20-,22+/m1/s1. The number of hydrogen-bond donors (Lipinski definition) is 0. The topological polar surface area (TPSA) is 3.24 Å². The van der Waals surface area contributed by atoms with E-state index in [-0.39, 0.29) is 0 Å². The van der Waals surface area contributed by atoms with Gasteiger partial charge in [-0.25, -0.2) is 0 Å². The predicted octanol–water partition coefficient (Wildman–Crippen LogP) is 5.45. The molecule has 1 aliphatic heterocycles. The summed E-state index contributed by atoms with van der Waals surface area (Å²) < 4.78 is 0. The Kier molecular flexibility index (Phi) is 4.18. The van der Waals surface area contributed by atoms with Crippen molar-refractivity contribution in [2.45, 2.75) is 45.6 Å². The van der Waals surface area contributed by atoms with E-state index in [1.165, 1.54) is 35.2 Å². The molecule has 0 radical (unpaired) electrons. The Morgan fingerprint density at radius 2 is 1.96 bits per heavy atom. The van der Waals surface area contributed by atoms with E-state index in [2.05, 4.69) is 61.2 Å². The van der Waals surface area contributed by atoms with Crippen LogP contribution >= 0.6 is 11.6 Å². The first-order valence-electron chi connectivity index (χ1n) is 9.17. The number of hydrogen-bond acceptors (Lipinski definition) is 1. The molecule has 2 aromatic carbocycles. The molecule has 126 valence electrons. The van der Waals surface area contributed by atoms with E-state index in [4.69, 9.17) is 11.6 Å². The highest BCUT2D eigenvalue weighted by Gasteiger charge is 2.46. The molecule has 0 aromatic heterocycles. The van der Waals surface area contributed by atoms with Crippen molar-refractivity contribution in [1.29, 1.82) is 0 Å². The maximum absolute atomic E-state index is 6.72. The number of nitrogens with zero attached hydrogens (tertiary/aromatic N) is 1. The van der Waals surface area contributed by atoms with Crippen LogP contribution in [0.25, 0.3) is 0 Å². The molecule has 1 fully saturated rings. The molecule has 1 aliphatic carbocycles. The largest absolute Gasteiger partial charge is 0.298 e. The molecule has 1 nitrogen and oxygen atoms in total. The molecule has 0 N–H and O–H groups in total. The summed E-state index contributed by atoms with van der Waals surface area (Å²) in [4.78, 5) is 2.64. The second-order valence-corrected chi connectivity index (χ2v) is 8.20. The van der Waals surface area contributed by atoms with Crippen molar-refractivity contribution in [1.82, 2.24) is 4.90 Å². The van der Waals surface area contributed by atoms with Crippen LogP contribution in [0.3, 0.4) is 0 Å². The molecule has 2 aliphatic rings. The highest BCUT2D eigenvalue weighted by Crippen LogP contribution is 2.52. The average molecular weight is 340 g/mol. The fraction of sp³-hybridized carbons (Fsp3) is 0.455. The van der Waals surface area contributed by atoms with E-state index in [1.54, 1.807) is 0 Å². The molecule has 1 saturated heterocycles. The van der Waals surface area contributed by atoms with Crippen molar-refractivity contribution in [2.24, 2.45) is 5.41 Å². The van der Waals surface area contributed by atoms with Crippen molar-refractivity contribution < 1.29 is 0 Å². The SMILES string of the molecule is CCc1ccc2c(c1Cl)CC[C@@]1(C)CN(Cc3ccccc3)C[C@H]21. The molecule has 0 unspecified atom stereocenters. The lowest BCUT2D eigenvalue weighted by Gasteiger charge is -2.37. The first-order valence-corrected chi connectivity index (χ1v) is 9.55. The molecular weight excluding hydrogens is 314 g/mol. The Morgan fingerprint density at radius 1 is 1.17 bits per heavy atom. The number of halogens is 1. The Morgan fingerprint density at radius 3 is 2.71 bits per heavy atom. The van der Waals surface area contributed by atoms with E-state index < -0.39 is 0 Å². The van der Waals surface area contributed by atoms with Crippen LogP contribution in [0.4, 0.5) is 0 Å². The van der Waals surface area contributed by atoms with Gasteiger partial charge in [0, 0.05) is 30.6 Å². The van der Waals surface area contributed by atoms with E-state index in [1.807, 2.05) is 0 Å². The third-order valence-electron chi connectivity index (χ3n) is 6.18. The predicted molar refractivity (Wildman–Crippen MR) is 102 cm³/mol. The highest BCUT2D eigenvalue weighted by molar-refractivity contribution is 6.32. The Balaban J connectivity index is 1.62. The lowest BCUT2D eigenvalue weighted by atomic mass is 9.67. The molecule has 2 aromatic rings. The van der Waals surface area contributed by atoms with Crippen LogP contribution in [-0.4, -0.2) is 18.0 Å². The Labute approximate surface area is 150 Å². The van der Waals surface area contributed by atoms with Gasteiger partial charge in [0.05, 0.1) is 0 Å². The minimum Gasteiger partial charge on any atom is -0.298 e. The van der Waals surface area contributed by atoms with Gasteiger partial charge in [-0.3, -0.25) is 4.90 Å². The summed E-state index contributed by atoms with van der Waals surface area (Å²) in [5.41, 5.74) is 6.05. The summed E-state index contributed by atoms with van der Waals surface area (Å²) in [7, 11) is 0.